The number of hydrogen-bond donors (Lipinski definition) is 1. The van der Waals surface area contributed by atoms with Crippen molar-refractivity contribution in [1.29, 1.82) is 0 Å². The summed E-state index contributed by atoms with van der Waals surface area (Å²) in [6, 6.07) is 0. The second-order valence-corrected chi connectivity index (χ2v) is 4.36. The van der Waals surface area contributed by atoms with Crippen molar-refractivity contribution in [1.82, 2.24) is 0 Å². The molecule has 0 aromatic carbocycles. The molecule has 0 aromatic heterocycles. The minimum atomic E-state index is -0.757. The van der Waals surface area contributed by atoms with Gasteiger partial charge in [-0.1, -0.05) is 27.2 Å². The van der Waals surface area contributed by atoms with Crippen LogP contribution < -0.4 is 0 Å². The van der Waals surface area contributed by atoms with Crippen LogP contribution in [0.3, 0.4) is 0 Å². The second kappa shape index (κ2) is 8.68. The Morgan fingerprint density at radius 1 is 1.31 bits per heavy atom. The van der Waals surface area contributed by atoms with Crippen LogP contribution in [0.2, 0.25) is 0 Å². The first kappa shape index (κ1) is 18.8. The molecule has 0 atom stereocenters. The average molecular weight is 240 g/mol. The summed E-state index contributed by atoms with van der Waals surface area (Å²) in [6.07, 6.45) is 1.31. The molecule has 0 amide bonds. The minimum absolute atomic E-state index is 0. The first-order valence-electron chi connectivity index (χ1n) is 4.45. The summed E-state index contributed by atoms with van der Waals surface area (Å²) in [6.45, 7) is 11.6. The third kappa shape index (κ3) is 18.8. The smallest absolute Gasteiger partial charge is 0.308 e. The van der Waals surface area contributed by atoms with Crippen molar-refractivity contribution in [2.45, 2.75) is 48.0 Å². The molecule has 0 unspecified atom stereocenters. The molecule has 1 N–H and O–H groups in total. The Labute approximate surface area is 94.9 Å². The summed E-state index contributed by atoms with van der Waals surface area (Å²) in [4.78, 5) is 10.0. The fraction of sp³-hybridized carbons (Fsp3) is 0.900. The molecule has 0 aliphatic rings. The standard InChI is InChI=1S/C5H10O2.C5H12.Zn/c1-5(2,3)4(6)7;1-4-5(2)3;/h1-3H3,(H,6,7);5H,4H2,1-3H3;. The summed E-state index contributed by atoms with van der Waals surface area (Å²) in [7, 11) is 0. The Balaban J connectivity index is -0.000000150. The van der Waals surface area contributed by atoms with Gasteiger partial charge >= 0.3 is 5.97 Å². The molecular formula is C10H22O2Zn. The molecule has 0 saturated carbocycles. The molecule has 0 aliphatic heterocycles. The quantitative estimate of drug-likeness (QED) is 0.714. The van der Waals surface area contributed by atoms with Crippen LogP contribution in [-0.2, 0) is 24.3 Å². The number of carboxylic acid groups (broad SMARTS) is 1. The molecule has 0 radical (unpaired) electrons. The zero-order chi connectivity index (χ0) is 10.4. The van der Waals surface area contributed by atoms with Crippen LogP contribution in [-0.4, -0.2) is 11.1 Å². The van der Waals surface area contributed by atoms with Gasteiger partial charge in [0.2, 0.25) is 0 Å². The molecular weight excluding hydrogens is 217 g/mol. The van der Waals surface area contributed by atoms with E-state index < -0.39 is 11.4 Å². The SMILES string of the molecule is CC(C)(C)C(=O)O.CCC(C)C.[Zn]. The fourth-order valence-corrected chi connectivity index (χ4v) is 0. The predicted molar refractivity (Wildman–Crippen MR) is 52.2 cm³/mol. The van der Waals surface area contributed by atoms with Crippen LogP contribution in [0, 0.1) is 11.3 Å². The van der Waals surface area contributed by atoms with E-state index in [1.165, 1.54) is 6.42 Å². The summed E-state index contributed by atoms with van der Waals surface area (Å²) in [5, 5.41) is 8.25. The van der Waals surface area contributed by atoms with E-state index >= 15 is 0 Å². The maximum absolute atomic E-state index is 10.0. The van der Waals surface area contributed by atoms with Gasteiger partial charge in [0.05, 0.1) is 5.41 Å². The number of carbonyl (C=O) groups is 1. The molecule has 2 nitrogen and oxygen atoms in total. The van der Waals surface area contributed by atoms with E-state index in [-0.39, 0.29) is 19.5 Å². The van der Waals surface area contributed by atoms with Gasteiger partial charge in [0, 0.05) is 19.5 Å². The zero-order valence-corrected chi connectivity index (χ0v) is 12.8. The molecule has 3 heteroatoms. The third-order valence-electron chi connectivity index (χ3n) is 1.46. The number of aliphatic carboxylic acids is 1. The largest absolute Gasteiger partial charge is 0.481 e. The summed E-state index contributed by atoms with van der Waals surface area (Å²) in [5.74, 6) is 0.127. The zero-order valence-electron chi connectivity index (χ0n) is 9.85. The van der Waals surface area contributed by atoms with E-state index in [1.807, 2.05) is 0 Å². The van der Waals surface area contributed by atoms with Gasteiger partial charge < -0.3 is 5.11 Å². The number of rotatable bonds is 1. The minimum Gasteiger partial charge on any atom is -0.481 e. The van der Waals surface area contributed by atoms with Crippen LogP contribution in [0.5, 0.6) is 0 Å². The van der Waals surface area contributed by atoms with Gasteiger partial charge in [0.1, 0.15) is 0 Å². The molecule has 0 heterocycles. The molecule has 0 saturated heterocycles. The van der Waals surface area contributed by atoms with Gasteiger partial charge in [-0.15, -0.1) is 0 Å². The molecule has 0 rings (SSSR count). The van der Waals surface area contributed by atoms with Gasteiger partial charge in [0.15, 0.2) is 0 Å². The Bertz CT molecular complexity index is 125. The maximum atomic E-state index is 10.0. The van der Waals surface area contributed by atoms with Crippen molar-refractivity contribution in [3.63, 3.8) is 0 Å². The molecule has 0 fully saturated rings. The average Bonchev–Trinajstić information content (AvgIpc) is 1.87. The van der Waals surface area contributed by atoms with Crippen LogP contribution >= 0.6 is 0 Å². The summed E-state index contributed by atoms with van der Waals surface area (Å²) < 4.78 is 0. The summed E-state index contributed by atoms with van der Waals surface area (Å²) in [5.41, 5.74) is -0.583. The number of carboxylic acids is 1. The monoisotopic (exact) mass is 238 g/mol. The van der Waals surface area contributed by atoms with Crippen molar-refractivity contribution < 1.29 is 29.4 Å². The number of hydrogen-bond acceptors (Lipinski definition) is 1. The van der Waals surface area contributed by atoms with Crippen molar-refractivity contribution in [2.75, 3.05) is 0 Å². The topological polar surface area (TPSA) is 37.3 Å². The Morgan fingerprint density at radius 3 is 1.46 bits per heavy atom. The first-order chi connectivity index (χ1) is 5.21. The van der Waals surface area contributed by atoms with Gasteiger partial charge in [-0.2, -0.15) is 0 Å². The molecule has 13 heavy (non-hydrogen) atoms. The predicted octanol–water partition coefficient (Wildman–Crippen LogP) is 3.17. The Morgan fingerprint density at radius 2 is 1.46 bits per heavy atom. The molecule has 0 aromatic rings. The molecule has 0 aliphatic carbocycles. The van der Waals surface area contributed by atoms with Gasteiger partial charge in [-0.05, 0) is 26.7 Å². The molecule has 0 spiro atoms. The van der Waals surface area contributed by atoms with Gasteiger partial charge in [0.25, 0.3) is 0 Å². The Hall–Kier alpha value is 0.0934. The maximum Gasteiger partial charge on any atom is 0.308 e. The Kier molecular flexibility index (Phi) is 12.6. The van der Waals surface area contributed by atoms with Crippen molar-refractivity contribution >= 4 is 5.97 Å². The first-order valence-corrected chi connectivity index (χ1v) is 4.45. The van der Waals surface area contributed by atoms with Crippen LogP contribution in [0.15, 0.2) is 0 Å². The van der Waals surface area contributed by atoms with E-state index in [4.69, 9.17) is 5.11 Å². The van der Waals surface area contributed by atoms with Crippen LogP contribution in [0.4, 0.5) is 0 Å². The van der Waals surface area contributed by atoms with Crippen molar-refractivity contribution in [2.24, 2.45) is 11.3 Å². The van der Waals surface area contributed by atoms with E-state index in [2.05, 4.69) is 20.8 Å². The summed E-state index contributed by atoms with van der Waals surface area (Å²) >= 11 is 0. The molecule has 0 bridgehead atoms. The van der Waals surface area contributed by atoms with E-state index in [9.17, 15) is 4.79 Å². The van der Waals surface area contributed by atoms with Crippen molar-refractivity contribution in [3.8, 4) is 0 Å². The van der Waals surface area contributed by atoms with Crippen LogP contribution in [0.25, 0.3) is 0 Å². The second-order valence-electron chi connectivity index (χ2n) is 4.36. The normalized spacial score (nSPS) is 9.77. The van der Waals surface area contributed by atoms with E-state index in [0.717, 1.165) is 5.92 Å². The van der Waals surface area contributed by atoms with Gasteiger partial charge in [-0.25, -0.2) is 0 Å². The molecule has 76 valence electrons. The van der Waals surface area contributed by atoms with Crippen LogP contribution in [0.1, 0.15) is 48.0 Å². The fourth-order valence-electron chi connectivity index (χ4n) is 0. The van der Waals surface area contributed by atoms with E-state index in [1.54, 1.807) is 20.8 Å². The van der Waals surface area contributed by atoms with E-state index in [0.29, 0.717) is 0 Å². The van der Waals surface area contributed by atoms with Crippen molar-refractivity contribution in [3.05, 3.63) is 0 Å². The van der Waals surface area contributed by atoms with Gasteiger partial charge in [-0.3, -0.25) is 4.79 Å². The third-order valence-corrected chi connectivity index (χ3v) is 1.46.